The molecule has 0 bridgehead atoms. The predicted molar refractivity (Wildman–Crippen MR) is 77.0 cm³/mol. The molecule has 7 heteroatoms. The Bertz CT molecular complexity index is 699. The predicted octanol–water partition coefficient (Wildman–Crippen LogP) is 2.31. The summed E-state index contributed by atoms with van der Waals surface area (Å²) < 4.78 is 23.0. The van der Waals surface area contributed by atoms with E-state index >= 15 is 0 Å². The molecule has 0 aromatic heterocycles. The van der Waals surface area contributed by atoms with Crippen molar-refractivity contribution in [3.05, 3.63) is 47.5 Å². The number of primary sulfonamides is 1. The van der Waals surface area contributed by atoms with E-state index in [0.29, 0.717) is 22.1 Å². The number of nitrogen functional groups attached to an aromatic ring is 1. The first-order valence-electron chi connectivity index (χ1n) is 5.31. The van der Waals surface area contributed by atoms with Gasteiger partial charge < -0.3 is 11.1 Å². The molecule has 0 fully saturated rings. The van der Waals surface area contributed by atoms with E-state index < -0.39 is 10.0 Å². The minimum absolute atomic E-state index is 0.0533. The number of hydrogen-bond donors (Lipinski definition) is 3. The molecular weight excluding hydrogens is 286 g/mol. The summed E-state index contributed by atoms with van der Waals surface area (Å²) in [4.78, 5) is -0.0533. The molecule has 0 amide bonds. The van der Waals surface area contributed by atoms with Gasteiger partial charge in [0.1, 0.15) is 4.90 Å². The second-order valence-corrected chi connectivity index (χ2v) is 5.90. The van der Waals surface area contributed by atoms with Gasteiger partial charge in [0.15, 0.2) is 0 Å². The Balaban J connectivity index is 2.43. The van der Waals surface area contributed by atoms with Gasteiger partial charge in [-0.2, -0.15) is 0 Å². The van der Waals surface area contributed by atoms with E-state index in [1.165, 1.54) is 6.07 Å². The highest BCUT2D eigenvalue weighted by atomic mass is 35.5. The number of rotatable bonds is 3. The van der Waals surface area contributed by atoms with Gasteiger partial charge in [0.05, 0.1) is 5.69 Å². The summed E-state index contributed by atoms with van der Waals surface area (Å²) in [7, 11) is -3.85. The molecule has 0 unspecified atom stereocenters. The lowest BCUT2D eigenvalue weighted by atomic mass is 10.2. The van der Waals surface area contributed by atoms with Gasteiger partial charge in [-0.3, -0.25) is 0 Å². The Morgan fingerprint density at radius 3 is 2.26 bits per heavy atom. The van der Waals surface area contributed by atoms with Crippen molar-refractivity contribution in [1.82, 2.24) is 0 Å². The maximum Gasteiger partial charge on any atom is 0.240 e. The smallest absolute Gasteiger partial charge is 0.240 e. The zero-order valence-corrected chi connectivity index (χ0v) is 11.4. The van der Waals surface area contributed by atoms with Crippen LogP contribution in [0.1, 0.15) is 0 Å². The second-order valence-electron chi connectivity index (χ2n) is 3.93. The fourth-order valence-electron chi connectivity index (χ4n) is 1.57. The van der Waals surface area contributed by atoms with E-state index in [4.69, 9.17) is 22.5 Å². The van der Waals surface area contributed by atoms with E-state index in [9.17, 15) is 8.42 Å². The molecule has 0 saturated heterocycles. The standard InChI is InChI=1S/C12H12ClN3O2S/c13-8-1-4-10(5-2-8)16-11-6-3-9(14)7-12(11)19(15,17)18/h1-7,16H,14H2,(H2,15,17,18). The van der Waals surface area contributed by atoms with Crippen molar-refractivity contribution < 1.29 is 8.42 Å². The third kappa shape index (κ3) is 3.37. The summed E-state index contributed by atoms with van der Waals surface area (Å²) in [6, 6.07) is 11.3. The Morgan fingerprint density at radius 1 is 1.05 bits per heavy atom. The SMILES string of the molecule is Nc1ccc(Nc2ccc(Cl)cc2)c(S(N)(=O)=O)c1. The monoisotopic (exact) mass is 297 g/mol. The Morgan fingerprint density at radius 2 is 1.68 bits per heavy atom. The number of hydrogen-bond acceptors (Lipinski definition) is 4. The van der Waals surface area contributed by atoms with Crippen LogP contribution in [-0.2, 0) is 10.0 Å². The van der Waals surface area contributed by atoms with Crippen molar-refractivity contribution in [1.29, 1.82) is 0 Å². The van der Waals surface area contributed by atoms with Crippen LogP contribution in [0.3, 0.4) is 0 Å². The Kier molecular flexibility index (Phi) is 3.66. The van der Waals surface area contributed by atoms with Gasteiger partial charge in [-0.05, 0) is 42.5 Å². The number of nitrogens with one attached hydrogen (secondary N) is 1. The van der Waals surface area contributed by atoms with Crippen LogP contribution in [0.2, 0.25) is 5.02 Å². The molecule has 0 radical (unpaired) electrons. The summed E-state index contributed by atoms with van der Waals surface area (Å²) in [6.07, 6.45) is 0. The van der Waals surface area contributed by atoms with Crippen LogP contribution < -0.4 is 16.2 Å². The van der Waals surface area contributed by atoms with Gasteiger partial charge in [-0.1, -0.05) is 11.6 Å². The van der Waals surface area contributed by atoms with Crippen LogP contribution in [0, 0.1) is 0 Å². The van der Waals surface area contributed by atoms with Gasteiger partial charge in [0, 0.05) is 16.4 Å². The lowest BCUT2D eigenvalue weighted by molar-refractivity contribution is 0.598. The van der Waals surface area contributed by atoms with E-state index in [1.54, 1.807) is 36.4 Å². The molecule has 19 heavy (non-hydrogen) atoms. The molecule has 5 N–H and O–H groups in total. The van der Waals surface area contributed by atoms with Crippen LogP contribution in [0.4, 0.5) is 17.1 Å². The minimum Gasteiger partial charge on any atom is -0.399 e. The van der Waals surface area contributed by atoms with E-state index in [-0.39, 0.29) is 4.90 Å². The lowest BCUT2D eigenvalue weighted by Gasteiger charge is -2.11. The zero-order valence-electron chi connectivity index (χ0n) is 9.80. The summed E-state index contributed by atoms with van der Waals surface area (Å²) in [5.41, 5.74) is 6.95. The largest absolute Gasteiger partial charge is 0.399 e. The normalized spacial score (nSPS) is 11.3. The van der Waals surface area contributed by atoms with E-state index in [0.717, 1.165) is 0 Å². The van der Waals surface area contributed by atoms with Crippen molar-refractivity contribution in [3.63, 3.8) is 0 Å². The highest BCUT2D eigenvalue weighted by Gasteiger charge is 2.14. The lowest BCUT2D eigenvalue weighted by Crippen LogP contribution is -2.14. The molecule has 2 rings (SSSR count). The molecule has 0 saturated carbocycles. The van der Waals surface area contributed by atoms with Crippen molar-refractivity contribution in [2.75, 3.05) is 11.1 Å². The highest BCUT2D eigenvalue weighted by molar-refractivity contribution is 7.89. The summed E-state index contributed by atoms with van der Waals surface area (Å²) in [5.74, 6) is 0. The number of anilines is 3. The van der Waals surface area contributed by atoms with E-state index in [1.807, 2.05) is 0 Å². The van der Waals surface area contributed by atoms with Crippen LogP contribution in [0.15, 0.2) is 47.4 Å². The molecule has 5 nitrogen and oxygen atoms in total. The maximum atomic E-state index is 11.5. The molecule has 0 aliphatic carbocycles. The summed E-state index contributed by atoms with van der Waals surface area (Å²) >= 11 is 5.78. The molecule has 100 valence electrons. The van der Waals surface area contributed by atoms with Crippen LogP contribution >= 0.6 is 11.6 Å². The molecule has 0 aliphatic heterocycles. The third-order valence-corrected chi connectivity index (χ3v) is 3.64. The average molecular weight is 298 g/mol. The number of benzene rings is 2. The van der Waals surface area contributed by atoms with Crippen LogP contribution in [-0.4, -0.2) is 8.42 Å². The molecule has 0 aliphatic rings. The molecule has 0 spiro atoms. The number of nitrogens with two attached hydrogens (primary N) is 2. The Labute approximate surface area is 116 Å². The molecule has 0 heterocycles. The highest BCUT2D eigenvalue weighted by Crippen LogP contribution is 2.26. The molecule has 0 atom stereocenters. The first-order valence-corrected chi connectivity index (χ1v) is 7.23. The second kappa shape index (κ2) is 5.08. The Hall–Kier alpha value is -1.76. The van der Waals surface area contributed by atoms with Crippen molar-refractivity contribution in [2.24, 2.45) is 5.14 Å². The molecule has 2 aromatic rings. The molecule has 2 aromatic carbocycles. The van der Waals surface area contributed by atoms with Gasteiger partial charge in [0.2, 0.25) is 10.0 Å². The first-order chi connectivity index (χ1) is 8.86. The van der Waals surface area contributed by atoms with E-state index in [2.05, 4.69) is 5.32 Å². The van der Waals surface area contributed by atoms with Crippen molar-refractivity contribution >= 4 is 38.7 Å². The fourth-order valence-corrected chi connectivity index (χ4v) is 2.42. The van der Waals surface area contributed by atoms with Crippen LogP contribution in [0.5, 0.6) is 0 Å². The first kappa shape index (κ1) is 13.7. The van der Waals surface area contributed by atoms with Crippen LogP contribution in [0.25, 0.3) is 0 Å². The molecular formula is C12H12ClN3O2S. The van der Waals surface area contributed by atoms with Gasteiger partial charge in [0.25, 0.3) is 0 Å². The van der Waals surface area contributed by atoms with Gasteiger partial charge >= 0.3 is 0 Å². The summed E-state index contributed by atoms with van der Waals surface area (Å²) in [5, 5.41) is 8.71. The van der Waals surface area contributed by atoms with Gasteiger partial charge in [-0.15, -0.1) is 0 Å². The van der Waals surface area contributed by atoms with Gasteiger partial charge in [-0.25, -0.2) is 13.6 Å². The topological polar surface area (TPSA) is 98.2 Å². The summed E-state index contributed by atoms with van der Waals surface area (Å²) in [6.45, 7) is 0. The number of halogens is 1. The average Bonchev–Trinajstić information content (AvgIpc) is 2.33. The third-order valence-electron chi connectivity index (χ3n) is 2.44. The zero-order chi connectivity index (χ0) is 14.0. The number of sulfonamides is 1. The van der Waals surface area contributed by atoms with Crippen molar-refractivity contribution in [2.45, 2.75) is 4.90 Å². The maximum absolute atomic E-state index is 11.5. The fraction of sp³-hybridized carbons (Fsp3) is 0. The quantitative estimate of drug-likeness (QED) is 0.757. The minimum atomic E-state index is -3.85. The van der Waals surface area contributed by atoms with Crippen molar-refractivity contribution in [3.8, 4) is 0 Å².